The molecule has 2 saturated heterocycles. The first kappa shape index (κ1) is 46.2. The minimum Gasteiger partial charge on any atom is -0.453 e. The van der Waals surface area contributed by atoms with Crippen LogP contribution in [0.5, 0.6) is 0 Å². The van der Waals surface area contributed by atoms with Crippen molar-refractivity contribution in [2.45, 2.75) is 82.3 Å². The summed E-state index contributed by atoms with van der Waals surface area (Å²) < 4.78 is 48.5. The highest BCUT2D eigenvalue weighted by atomic mass is 19.4. The Morgan fingerprint density at radius 3 is 1.58 bits per heavy atom. The zero-order valence-electron chi connectivity index (χ0n) is 37.1. The lowest BCUT2D eigenvalue weighted by atomic mass is 9.98. The van der Waals surface area contributed by atoms with Crippen LogP contribution in [-0.2, 0) is 54.3 Å². The van der Waals surface area contributed by atoms with Gasteiger partial charge in [-0.15, -0.1) is 0 Å². The number of alkyl carbamates (subject to hydrolysis) is 1. The van der Waals surface area contributed by atoms with Gasteiger partial charge in [0.25, 0.3) is 5.91 Å². The summed E-state index contributed by atoms with van der Waals surface area (Å²) in [5.74, 6) is -1.58. The van der Waals surface area contributed by atoms with Crippen LogP contribution in [0.15, 0.2) is 121 Å². The summed E-state index contributed by atoms with van der Waals surface area (Å²) in [5, 5.41) is 6.93. The quantitative estimate of drug-likeness (QED) is 0.113. The van der Waals surface area contributed by atoms with Gasteiger partial charge < -0.3 is 29.7 Å². The molecule has 12 nitrogen and oxygen atoms in total. The second-order valence-electron chi connectivity index (χ2n) is 17.2. The number of nitrogens with one attached hydrogen (secondary N) is 2. The van der Waals surface area contributed by atoms with Crippen LogP contribution < -0.4 is 10.6 Å². The molecule has 2 aliphatic heterocycles. The molecule has 2 fully saturated rings. The van der Waals surface area contributed by atoms with Crippen molar-refractivity contribution in [2.75, 3.05) is 20.2 Å². The van der Waals surface area contributed by atoms with E-state index in [0.717, 1.165) is 22.9 Å². The molecule has 0 bridgehead atoms. The van der Waals surface area contributed by atoms with Crippen LogP contribution in [0.2, 0.25) is 0 Å². The van der Waals surface area contributed by atoms with E-state index in [1.54, 1.807) is 65.6 Å². The number of carbonyl (C=O) groups is 6. The Morgan fingerprint density at radius 2 is 1.12 bits per heavy atom. The van der Waals surface area contributed by atoms with Crippen LogP contribution in [0.3, 0.4) is 0 Å². The fourth-order valence-corrected chi connectivity index (χ4v) is 9.55. The number of ether oxygens (including phenoxy) is 1. The summed E-state index contributed by atoms with van der Waals surface area (Å²) in [4.78, 5) is 83.9. The van der Waals surface area contributed by atoms with Gasteiger partial charge in [0.2, 0.25) is 11.8 Å². The van der Waals surface area contributed by atoms with Crippen molar-refractivity contribution in [1.29, 1.82) is 0 Å². The number of amides is 4. The minimum absolute atomic E-state index is 0.0255. The van der Waals surface area contributed by atoms with Gasteiger partial charge in [0.1, 0.15) is 12.1 Å². The Bertz CT molecular complexity index is 2850. The van der Waals surface area contributed by atoms with E-state index in [-0.39, 0.29) is 42.8 Å². The maximum atomic E-state index is 14.2. The van der Waals surface area contributed by atoms with Crippen molar-refractivity contribution in [2.24, 2.45) is 0 Å². The largest absolute Gasteiger partial charge is 0.453 e. The van der Waals surface area contributed by atoms with Crippen LogP contribution in [-0.4, -0.2) is 82.0 Å². The van der Waals surface area contributed by atoms with E-state index in [0.29, 0.717) is 77.6 Å². The number of rotatable bonds is 14. The molecule has 2 N–H and O–H groups in total. The molecule has 0 radical (unpaired) electrons. The van der Waals surface area contributed by atoms with E-state index in [1.807, 2.05) is 47.0 Å². The molecule has 0 unspecified atom stereocenters. The number of likely N-dealkylation sites (tertiary alicyclic amines) is 2. The van der Waals surface area contributed by atoms with Crippen molar-refractivity contribution in [3.05, 3.63) is 155 Å². The first-order valence-corrected chi connectivity index (χ1v) is 22.3. The molecule has 6 aromatic rings. The number of alkyl halides is 3. The number of hydrogen-bond acceptors (Lipinski definition) is 7. The van der Waals surface area contributed by atoms with E-state index >= 15 is 0 Å². The van der Waals surface area contributed by atoms with Crippen molar-refractivity contribution in [1.82, 2.24) is 25.0 Å². The SMILES string of the molecule is COC(=O)N[C@@H](C(=O)N1CCC[C@H]1C(=O)Cc1ccc2c3ccc(CC(=O)[C@@H]4CCCN4C(=O)[C@H](NC(C)=O)c4ccccc4)cc3n(Cc3cccc(C(F)(F)F)c3)c2c1)c1ccccc1. The third-order valence-corrected chi connectivity index (χ3v) is 12.7. The highest BCUT2D eigenvalue weighted by Crippen LogP contribution is 2.35. The molecule has 346 valence electrons. The lowest BCUT2D eigenvalue weighted by molar-refractivity contribution is -0.140. The summed E-state index contributed by atoms with van der Waals surface area (Å²) in [6.45, 7) is 2.04. The Hall–Kier alpha value is -7.29. The van der Waals surface area contributed by atoms with Gasteiger partial charge in [0, 0.05) is 61.2 Å². The highest BCUT2D eigenvalue weighted by Gasteiger charge is 2.40. The molecule has 67 heavy (non-hydrogen) atoms. The van der Waals surface area contributed by atoms with Gasteiger partial charge in [-0.1, -0.05) is 97.1 Å². The average Bonchev–Trinajstić information content (AvgIpc) is 4.09. The number of hydrogen-bond donors (Lipinski definition) is 2. The number of benzene rings is 5. The monoisotopic (exact) mass is 913 g/mol. The topological polar surface area (TPSA) is 147 Å². The minimum atomic E-state index is -4.57. The second kappa shape index (κ2) is 19.7. The first-order chi connectivity index (χ1) is 32.2. The molecule has 4 amide bonds. The maximum Gasteiger partial charge on any atom is 0.416 e. The molecule has 2 aliphatic rings. The van der Waals surface area contributed by atoms with E-state index in [9.17, 15) is 41.9 Å². The van der Waals surface area contributed by atoms with Gasteiger partial charge >= 0.3 is 12.3 Å². The Kier molecular flexibility index (Phi) is 13.6. The van der Waals surface area contributed by atoms with Crippen molar-refractivity contribution >= 4 is 57.2 Å². The number of carbonyl (C=O) groups excluding carboxylic acids is 6. The summed E-state index contributed by atoms with van der Waals surface area (Å²) in [5.41, 5.74) is 3.32. The lowest BCUT2D eigenvalue weighted by Gasteiger charge is -2.28. The third kappa shape index (κ3) is 10.1. The predicted molar refractivity (Wildman–Crippen MR) is 245 cm³/mol. The molecule has 5 aromatic carbocycles. The predicted octanol–water partition coefficient (Wildman–Crippen LogP) is 8.04. The molecule has 4 atom stereocenters. The van der Waals surface area contributed by atoms with Gasteiger partial charge in [-0.25, -0.2) is 4.79 Å². The second-order valence-corrected chi connectivity index (χ2v) is 17.2. The van der Waals surface area contributed by atoms with E-state index in [1.165, 1.54) is 25.0 Å². The number of halogens is 3. The number of methoxy groups -OCH3 is 1. The Balaban J connectivity index is 1.09. The molecule has 0 saturated carbocycles. The zero-order chi connectivity index (χ0) is 47.4. The molecule has 8 rings (SSSR count). The fourth-order valence-electron chi connectivity index (χ4n) is 9.55. The van der Waals surface area contributed by atoms with E-state index in [2.05, 4.69) is 10.6 Å². The van der Waals surface area contributed by atoms with Crippen molar-refractivity contribution in [3.8, 4) is 0 Å². The smallest absolute Gasteiger partial charge is 0.416 e. The molecule has 0 spiro atoms. The average molecular weight is 914 g/mol. The standard InChI is InChI=1S/C52H50F3N5O7/c1-32(61)56-47(36-13-5-3-6-14-36)49(64)58-24-10-18-41(58)45(62)29-33-20-22-39-40-23-21-34(28-44(40)60(43(39)27-33)31-35-12-9-17-38(26-35)52(53,54)55)30-46(63)42-19-11-25-59(42)50(65)48(57-51(66)67-2)37-15-7-4-8-16-37/h3-9,12-17,20-23,26-28,41-42,47-48H,10-11,18-19,24-25,29-31H2,1-2H3,(H,56,61)(H,57,66)/t41-,42-,47+,48+/m0/s1. The van der Waals surface area contributed by atoms with Crippen molar-refractivity contribution in [3.63, 3.8) is 0 Å². The van der Waals surface area contributed by atoms with Crippen LogP contribution in [0.1, 0.15) is 78.1 Å². The van der Waals surface area contributed by atoms with Gasteiger partial charge in [0.05, 0.1) is 24.8 Å². The number of ketones is 2. The van der Waals surface area contributed by atoms with Gasteiger partial charge in [-0.2, -0.15) is 13.2 Å². The van der Waals surface area contributed by atoms with Gasteiger partial charge in [-0.3, -0.25) is 24.0 Å². The Morgan fingerprint density at radius 1 is 0.627 bits per heavy atom. The number of nitrogens with zero attached hydrogens (tertiary/aromatic N) is 3. The fraction of sp³-hybridized carbons (Fsp3) is 0.308. The Labute approximate surface area is 385 Å². The summed E-state index contributed by atoms with van der Waals surface area (Å²) >= 11 is 0. The lowest BCUT2D eigenvalue weighted by Crippen LogP contribution is -2.47. The van der Waals surface area contributed by atoms with Crippen LogP contribution in [0, 0.1) is 0 Å². The number of Topliss-reactive ketones (excluding diaryl/α,β-unsaturated/α-hetero) is 2. The first-order valence-electron chi connectivity index (χ1n) is 22.3. The molecule has 15 heteroatoms. The molecule has 0 aliphatic carbocycles. The van der Waals surface area contributed by atoms with Crippen LogP contribution >= 0.6 is 0 Å². The van der Waals surface area contributed by atoms with Gasteiger partial charge in [-0.05, 0) is 77.8 Å². The van der Waals surface area contributed by atoms with Crippen molar-refractivity contribution < 1.29 is 46.7 Å². The van der Waals surface area contributed by atoms with E-state index in [4.69, 9.17) is 4.74 Å². The van der Waals surface area contributed by atoms with Gasteiger partial charge in [0.15, 0.2) is 11.6 Å². The van der Waals surface area contributed by atoms with E-state index < -0.39 is 47.9 Å². The molecule has 3 heterocycles. The summed E-state index contributed by atoms with van der Waals surface area (Å²) in [7, 11) is 1.20. The molecular weight excluding hydrogens is 864 g/mol. The van der Waals surface area contributed by atoms with Crippen LogP contribution in [0.4, 0.5) is 18.0 Å². The number of aromatic nitrogens is 1. The van der Waals surface area contributed by atoms with Crippen LogP contribution in [0.25, 0.3) is 21.8 Å². The maximum absolute atomic E-state index is 14.2. The normalized spacial score (nSPS) is 17.0. The highest BCUT2D eigenvalue weighted by molar-refractivity contribution is 6.09. The molecular formula is C52H50F3N5O7. The molecule has 1 aromatic heterocycles. The summed E-state index contributed by atoms with van der Waals surface area (Å²) in [6.07, 6.45) is -3.35. The third-order valence-electron chi connectivity index (χ3n) is 12.7. The summed E-state index contributed by atoms with van der Waals surface area (Å²) in [6, 6.07) is 30.3. The number of fused-ring (bicyclic) bond motifs is 3. The zero-order valence-corrected chi connectivity index (χ0v) is 37.1.